The molecule has 1 aliphatic rings. The smallest absolute Gasteiger partial charge is 0.254 e. The van der Waals surface area contributed by atoms with Gasteiger partial charge in [-0.2, -0.15) is 0 Å². The first-order valence-corrected chi connectivity index (χ1v) is 10.3. The maximum Gasteiger partial charge on any atom is 0.254 e. The van der Waals surface area contributed by atoms with Gasteiger partial charge in [-0.05, 0) is 42.5 Å². The normalized spacial score (nSPS) is 14.7. The molecule has 0 bridgehead atoms. The SMILES string of the molecule is COc1ccc(C(=O)C[C@H](C)C(=O)N2CCN(C(=O)c3cccc(OC)c3)CC2)cc1. The number of ketones is 1. The third-order valence-corrected chi connectivity index (χ3v) is 5.52. The molecule has 0 radical (unpaired) electrons. The molecule has 1 atom stereocenters. The van der Waals surface area contributed by atoms with Crippen molar-refractivity contribution in [3.8, 4) is 11.5 Å². The maximum absolute atomic E-state index is 12.8. The van der Waals surface area contributed by atoms with Crippen LogP contribution in [0, 0.1) is 5.92 Å². The molecule has 3 rings (SSSR count). The van der Waals surface area contributed by atoms with Crippen LogP contribution in [0.4, 0.5) is 0 Å². The Balaban J connectivity index is 1.52. The van der Waals surface area contributed by atoms with E-state index < -0.39 is 5.92 Å². The Morgan fingerprint density at radius 3 is 2.06 bits per heavy atom. The Morgan fingerprint density at radius 2 is 1.45 bits per heavy atom. The minimum atomic E-state index is -0.421. The second-order valence-electron chi connectivity index (χ2n) is 7.61. The maximum atomic E-state index is 12.8. The van der Waals surface area contributed by atoms with Crippen molar-refractivity contribution in [2.24, 2.45) is 5.92 Å². The van der Waals surface area contributed by atoms with Crippen LogP contribution >= 0.6 is 0 Å². The van der Waals surface area contributed by atoms with Crippen molar-refractivity contribution in [1.82, 2.24) is 9.80 Å². The fourth-order valence-electron chi connectivity index (χ4n) is 3.64. The molecule has 164 valence electrons. The number of hydrogen-bond donors (Lipinski definition) is 0. The second kappa shape index (κ2) is 10.1. The molecule has 1 aliphatic heterocycles. The van der Waals surface area contributed by atoms with Gasteiger partial charge in [-0.1, -0.05) is 13.0 Å². The third-order valence-electron chi connectivity index (χ3n) is 5.52. The zero-order valence-electron chi connectivity index (χ0n) is 18.2. The second-order valence-corrected chi connectivity index (χ2v) is 7.61. The lowest BCUT2D eigenvalue weighted by Gasteiger charge is -2.36. The van der Waals surface area contributed by atoms with E-state index in [0.717, 1.165) is 0 Å². The lowest BCUT2D eigenvalue weighted by molar-refractivity contribution is -0.136. The molecule has 7 nitrogen and oxygen atoms in total. The van der Waals surface area contributed by atoms with Gasteiger partial charge in [0.05, 0.1) is 14.2 Å². The molecule has 2 amide bonds. The average molecular weight is 424 g/mol. The van der Waals surface area contributed by atoms with Crippen LogP contribution in [-0.4, -0.2) is 67.8 Å². The Kier molecular flexibility index (Phi) is 7.28. The summed E-state index contributed by atoms with van der Waals surface area (Å²) in [5.41, 5.74) is 1.13. The van der Waals surface area contributed by atoms with E-state index in [0.29, 0.717) is 48.8 Å². The molecule has 0 aromatic heterocycles. The lowest BCUT2D eigenvalue weighted by Crippen LogP contribution is -2.51. The Morgan fingerprint density at radius 1 is 0.839 bits per heavy atom. The van der Waals surface area contributed by atoms with Gasteiger partial charge >= 0.3 is 0 Å². The first kappa shape index (κ1) is 22.3. The predicted molar refractivity (Wildman–Crippen MR) is 117 cm³/mol. The van der Waals surface area contributed by atoms with Crippen molar-refractivity contribution in [3.05, 3.63) is 59.7 Å². The minimum Gasteiger partial charge on any atom is -0.497 e. The topological polar surface area (TPSA) is 76.2 Å². The van der Waals surface area contributed by atoms with Gasteiger partial charge in [-0.25, -0.2) is 0 Å². The number of carbonyl (C=O) groups is 3. The van der Waals surface area contributed by atoms with E-state index in [1.807, 2.05) is 0 Å². The summed E-state index contributed by atoms with van der Waals surface area (Å²) in [5.74, 6) is 0.687. The molecule has 31 heavy (non-hydrogen) atoms. The van der Waals surface area contributed by atoms with E-state index in [9.17, 15) is 14.4 Å². The highest BCUT2D eigenvalue weighted by molar-refractivity contribution is 5.98. The van der Waals surface area contributed by atoms with E-state index in [1.165, 1.54) is 0 Å². The molecule has 1 saturated heterocycles. The highest BCUT2D eigenvalue weighted by Crippen LogP contribution is 2.19. The van der Waals surface area contributed by atoms with Crippen LogP contribution in [0.5, 0.6) is 11.5 Å². The molecule has 0 N–H and O–H groups in total. The van der Waals surface area contributed by atoms with Gasteiger partial charge in [0.15, 0.2) is 5.78 Å². The molecule has 0 spiro atoms. The molecule has 0 aliphatic carbocycles. The summed E-state index contributed by atoms with van der Waals surface area (Å²) in [5, 5.41) is 0. The fraction of sp³-hybridized carbons (Fsp3) is 0.375. The molecule has 1 fully saturated rings. The first-order chi connectivity index (χ1) is 14.9. The largest absolute Gasteiger partial charge is 0.497 e. The quantitative estimate of drug-likeness (QED) is 0.639. The summed E-state index contributed by atoms with van der Waals surface area (Å²) >= 11 is 0. The van der Waals surface area contributed by atoms with E-state index in [1.54, 1.807) is 79.5 Å². The number of ether oxygens (including phenoxy) is 2. The van der Waals surface area contributed by atoms with Gasteiger partial charge in [-0.3, -0.25) is 14.4 Å². The van der Waals surface area contributed by atoms with E-state index >= 15 is 0 Å². The molecule has 2 aromatic rings. The number of hydrogen-bond acceptors (Lipinski definition) is 5. The molecule has 0 saturated carbocycles. The number of benzene rings is 2. The minimum absolute atomic E-state index is 0.0599. The number of rotatable bonds is 7. The number of nitrogens with zero attached hydrogens (tertiary/aromatic N) is 2. The van der Waals surface area contributed by atoms with E-state index in [-0.39, 0.29) is 24.0 Å². The van der Waals surface area contributed by atoms with Gasteiger partial charge < -0.3 is 19.3 Å². The summed E-state index contributed by atoms with van der Waals surface area (Å²) < 4.78 is 10.3. The fourth-order valence-corrected chi connectivity index (χ4v) is 3.64. The molecule has 7 heteroatoms. The van der Waals surface area contributed by atoms with Crippen molar-refractivity contribution in [1.29, 1.82) is 0 Å². The standard InChI is InChI=1S/C24H28N2O5/c1-17(15-22(27)18-7-9-20(30-2)10-8-18)23(28)25-11-13-26(14-12-25)24(29)19-5-4-6-21(16-19)31-3/h4-10,16-17H,11-15H2,1-3H3/t17-/m0/s1. The monoisotopic (exact) mass is 424 g/mol. The van der Waals surface area contributed by atoms with Crippen molar-refractivity contribution < 1.29 is 23.9 Å². The number of carbonyl (C=O) groups excluding carboxylic acids is 3. The molecule has 1 heterocycles. The van der Waals surface area contributed by atoms with Gasteiger partial charge in [-0.15, -0.1) is 0 Å². The predicted octanol–water partition coefficient (Wildman–Crippen LogP) is 2.90. The van der Waals surface area contributed by atoms with Crippen molar-refractivity contribution in [3.63, 3.8) is 0 Å². The van der Waals surface area contributed by atoms with Gasteiger partial charge in [0.2, 0.25) is 5.91 Å². The summed E-state index contributed by atoms with van der Waals surface area (Å²) in [7, 11) is 3.14. The van der Waals surface area contributed by atoms with Crippen LogP contribution in [0.25, 0.3) is 0 Å². The van der Waals surface area contributed by atoms with Crippen molar-refractivity contribution in [2.45, 2.75) is 13.3 Å². The Hall–Kier alpha value is -3.35. The van der Waals surface area contributed by atoms with Crippen LogP contribution in [0.1, 0.15) is 34.1 Å². The zero-order valence-corrected chi connectivity index (χ0v) is 18.2. The van der Waals surface area contributed by atoms with E-state index in [2.05, 4.69) is 0 Å². The van der Waals surface area contributed by atoms with Crippen LogP contribution in [0.3, 0.4) is 0 Å². The number of methoxy groups -OCH3 is 2. The Labute approximate surface area is 182 Å². The highest BCUT2D eigenvalue weighted by atomic mass is 16.5. The molecular formula is C24H28N2O5. The Bertz CT molecular complexity index is 933. The highest BCUT2D eigenvalue weighted by Gasteiger charge is 2.28. The third kappa shape index (κ3) is 5.42. The molecule has 0 unspecified atom stereocenters. The summed E-state index contributed by atoms with van der Waals surface area (Å²) in [6, 6.07) is 13.9. The number of Topliss-reactive ketones (excluding diaryl/α,β-unsaturated/α-hetero) is 1. The summed E-state index contributed by atoms with van der Waals surface area (Å²) in [6.07, 6.45) is 0.147. The van der Waals surface area contributed by atoms with Crippen molar-refractivity contribution >= 4 is 17.6 Å². The van der Waals surface area contributed by atoms with Crippen molar-refractivity contribution in [2.75, 3.05) is 40.4 Å². The summed E-state index contributed by atoms with van der Waals surface area (Å²) in [4.78, 5) is 41.6. The zero-order chi connectivity index (χ0) is 22.4. The first-order valence-electron chi connectivity index (χ1n) is 10.3. The molecular weight excluding hydrogens is 396 g/mol. The van der Waals surface area contributed by atoms with Gasteiger partial charge in [0.25, 0.3) is 5.91 Å². The number of piperazine rings is 1. The lowest BCUT2D eigenvalue weighted by atomic mass is 9.98. The van der Waals surface area contributed by atoms with Gasteiger partial charge in [0, 0.05) is 49.6 Å². The molecule has 2 aromatic carbocycles. The van der Waals surface area contributed by atoms with Crippen LogP contribution in [-0.2, 0) is 4.79 Å². The summed E-state index contributed by atoms with van der Waals surface area (Å²) in [6.45, 7) is 3.60. The van der Waals surface area contributed by atoms with Crippen LogP contribution < -0.4 is 9.47 Å². The average Bonchev–Trinajstić information content (AvgIpc) is 2.83. The van der Waals surface area contributed by atoms with E-state index in [4.69, 9.17) is 9.47 Å². The number of amides is 2. The van der Waals surface area contributed by atoms with Crippen LogP contribution in [0.2, 0.25) is 0 Å². The van der Waals surface area contributed by atoms with Gasteiger partial charge in [0.1, 0.15) is 11.5 Å². The van der Waals surface area contributed by atoms with Crippen LogP contribution in [0.15, 0.2) is 48.5 Å².